The molecule has 1 aliphatic carbocycles. The van der Waals surface area contributed by atoms with Gasteiger partial charge >= 0.3 is 6.03 Å². The predicted molar refractivity (Wildman–Crippen MR) is 79.0 cm³/mol. The monoisotopic (exact) mass is 277 g/mol. The fourth-order valence-electron chi connectivity index (χ4n) is 2.18. The van der Waals surface area contributed by atoms with Crippen LogP contribution in [-0.2, 0) is 5.54 Å². The van der Waals surface area contributed by atoms with E-state index in [0.29, 0.717) is 6.54 Å². The lowest BCUT2D eigenvalue weighted by atomic mass is 10.1. The van der Waals surface area contributed by atoms with Crippen molar-refractivity contribution in [3.63, 3.8) is 0 Å². The van der Waals surface area contributed by atoms with Crippen LogP contribution in [0.4, 0.5) is 4.79 Å². The Hall–Kier alpha value is -1.75. The van der Waals surface area contributed by atoms with Crippen molar-refractivity contribution >= 4 is 6.03 Å². The second-order valence-electron chi connectivity index (χ2n) is 5.49. The molecule has 1 aromatic rings. The molecule has 2 rings (SSSR count). The summed E-state index contributed by atoms with van der Waals surface area (Å²) in [5, 5.41) is 5.97. The first-order valence-corrected chi connectivity index (χ1v) is 6.91. The Morgan fingerprint density at radius 1 is 1.30 bits per heavy atom. The van der Waals surface area contributed by atoms with Crippen LogP contribution in [0.15, 0.2) is 24.3 Å². The summed E-state index contributed by atoms with van der Waals surface area (Å²) in [6.07, 6.45) is 1.97. The molecule has 0 radical (unpaired) electrons. The molecule has 0 aliphatic heterocycles. The van der Waals surface area contributed by atoms with Crippen molar-refractivity contribution in [2.45, 2.75) is 18.4 Å². The standard InChI is InChI=1S/C15H23N3O2/c1-18(2)11-10-16-14(19)17-15(8-9-15)12-4-6-13(20-3)7-5-12/h4-7H,8-11H2,1-3H3,(H2,16,17,19). The molecular formula is C15H23N3O2. The summed E-state index contributed by atoms with van der Waals surface area (Å²) in [6, 6.07) is 7.81. The third-order valence-electron chi connectivity index (χ3n) is 3.59. The molecule has 20 heavy (non-hydrogen) atoms. The number of nitrogens with zero attached hydrogens (tertiary/aromatic N) is 1. The molecule has 0 spiro atoms. The summed E-state index contributed by atoms with van der Waals surface area (Å²) >= 11 is 0. The van der Waals surface area contributed by atoms with E-state index in [2.05, 4.69) is 10.6 Å². The van der Waals surface area contributed by atoms with Crippen LogP contribution in [0.5, 0.6) is 5.75 Å². The molecule has 2 amide bonds. The summed E-state index contributed by atoms with van der Waals surface area (Å²) in [7, 11) is 5.62. The molecule has 1 saturated carbocycles. The number of likely N-dealkylation sites (N-methyl/N-ethyl adjacent to an activating group) is 1. The van der Waals surface area contributed by atoms with Gasteiger partial charge in [0.2, 0.25) is 0 Å². The van der Waals surface area contributed by atoms with Crippen LogP contribution in [0.25, 0.3) is 0 Å². The highest BCUT2D eigenvalue weighted by Gasteiger charge is 2.45. The number of benzene rings is 1. The number of rotatable bonds is 6. The normalized spacial score (nSPS) is 15.8. The van der Waals surface area contributed by atoms with Crippen LogP contribution in [0.1, 0.15) is 18.4 Å². The van der Waals surface area contributed by atoms with Gasteiger partial charge in [0.1, 0.15) is 5.75 Å². The van der Waals surface area contributed by atoms with E-state index < -0.39 is 0 Å². The Labute approximate surface area is 120 Å². The Balaban J connectivity index is 1.89. The maximum atomic E-state index is 11.9. The summed E-state index contributed by atoms with van der Waals surface area (Å²) in [6.45, 7) is 1.49. The van der Waals surface area contributed by atoms with Crippen molar-refractivity contribution in [2.75, 3.05) is 34.3 Å². The SMILES string of the molecule is COc1ccc(C2(NC(=O)NCCN(C)C)CC2)cc1. The van der Waals surface area contributed by atoms with Crippen LogP contribution in [0.3, 0.4) is 0 Å². The van der Waals surface area contributed by atoms with E-state index in [1.165, 1.54) is 0 Å². The molecule has 5 heteroatoms. The summed E-state index contributed by atoms with van der Waals surface area (Å²) < 4.78 is 5.15. The van der Waals surface area contributed by atoms with Crippen LogP contribution in [-0.4, -0.2) is 45.2 Å². The number of hydrogen-bond acceptors (Lipinski definition) is 3. The molecule has 0 saturated heterocycles. The van der Waals surface area contributed by atoms with Crippen LogP contribution in [0, 0.1) is 0 Å². The van der Waals surface area contributed by atoms with Gasteiger partial charge in [-0.15, -0.1) is 0 Å². The lowest BCUT2D eigenvalue weighted by Crippen LogP contribution is -2.44. The zero-order chi connectivity index (χ0) is 14.6. The maximum absolute atomic E-state index is 11.9. The number of methoxy groups -OCH3 is 1. The molecule has 2 N–H and O–H groups in total. The molecule has 1 fully saturated rings. The van der Waals surface area contributed by atoms with Gasteiger partial charge in [-0.2, -0.15) is 0 Å². The quantitative estimate of drug-likeness (QED) is 0.829. The predicted octanol–water partition coefficient (Wildman–Crippen LogP) is 1.55. The fraction of sp³-hybridized carbons (Fsp3) is 0.533. The van der Waals surface area contributed by atoms with Gasteiger partial charge in [-0.05, 0) is 44.6 Å². The maximum Gasteiger partial charge on any atom is 0.315 e. The Kier molecular flexibility index (Phi) is 4.49. The van der Waals surface area contributed by atoms with Crippen molar-refractivity contribution in [2.24, 2.45) is 0 Å². The molecule has 0 atom stereocenters. The van der Waals surface area contributed by atoms with Gasteiger partial charge < -0.3 is 20.3 Å². The van der Waals surface area contributed by atoms with E-state index in [-0.39, 0.29) is 11.6 Å². The molecule has 0 aromatic heterocycles. The molecule has 5 nitrogen and oxygen atoms in total. The third-order valence-corrected chi connectivity index (χ3v) is 3.59. The van der Waals surface area contributed by atoms with Gasteiger partial charge in [0.25, 0.3) is 0 Å². The lowest BCUT2D eigenvalue weighted by molar-refractivity contribution is 0.234. The Morgan fingerprint density at radius 3 is 2.45 bits per heavy atom. The smallest absolute Gasteiger partial charge is 0.315 e. The fourth-order valence-corrected chi connectivity index (χ4v) is 2.18. The number of urea groups is 1. The zero-order valence-electron chi connectivity index (χ0n) is 12.4. The van der Waals surface area contributed by atoms with Gasteiger partial charge in [0, 0.05) is 13.1 Å². The highest BCUT2D eigenvalue weighted by molar-refractivity contribution is 5.75. The Morgan fingerprint density at radius 2 is 1.95 bits per heavy atom. The second kappa shape index (κ2) is 6.13. The molecule has 0 unspecified atom stereocenters. The first-order valence-electron chi connectivity index (χ1n) is 6.91. The van der Waals surface area contributed by atoms with Crippen molar-refractivity contribution in [1.29, 1.82) is 0 Å². The minimum Gasteiger partial charge on any atom is -0.497 e. The zero-order valence-corrected chi connectivity index (χ0v) is 12.4. The first-order chi connectivity index (χ1) is 9.55. The summed E-state index contributed by atoms with van der Waals surface area (Å²) in [4.78, 5) is 13.9. The molecule has 0 heterocycles. The molecule has 110 valence electrons. The largest absolute Gasteiger partial charge is 0.497 e. The molecule has 1 aromatic carbocycles. The highest BCUT2D eigenvalue weighted by Crippen LogP contribution is 2.45. The lowest BCUT2D eigenvalue weighted by Gasteiger charge is -2.19. The van der Waals surface area contributed by atoms with E-state index >= 15 is 0 Å². The van der Waals surface area contributed by atoms with Gasteiger partial charge in [0.15, 0.2) is 0 Å². The second-order valence-corrected chi connectivity index (χ2v) is 5.49. The van der Waals surface area contributed by atoms with Gasteiger partial charge in [0.05, 0.1) is 12.6 Å². The minimum absolute atomic E-state index is 0.0971. The third kappa shape index (κ3) is 3.63. The van der Waals surface area contributed by atoms with Crippen molar-refractivity contribution in [1.82, 2.24) is 15.5 Å². The van der Waals surface area contributed by atoms with E-state index in [1.807, 2.05) is 43.3 Å². The van der Waals surface area contributed by atoms with Crippen molar-refractivity contribution < 1.29 is 9.53 Å². The number of nitrogens with one attached hydrogen (secondary N) is 2. The van der Waals surface area contributed by atoms with E-state index in [0.717, 1.165) is 30.7 Å². The number of amides is 2. The molecular weight excluding hydrogens is 254 g/mol. The minimum atomic E-state index is -0.186. The van der Waals surface area contributed by atoms with E-state index in [1.54, 1.807) is 7.11 Å². The number of carbonyl (C=O) groups excluding carboxylic acids is 1. The number of hydrogen-bond donors (Lipinski definition) is 2. The van der Waals surface area contributed by atoms with Crippen LogP contribution < -0.4 is 15.4 Å². The average Bonchev–Trinajstić information content (AvgIpc) is 3.19. The Bertz CT molecular complexity index is 453. The van der Waals surface area contributed by atoms with E-state index in [4.69, 9.17) is 4.74 Å². The van der Waals surface area contributed by atoms with Crippen LogP contribution in [0.2, 0.25) is 0 Å². The van der Waals surface area contributed by atoms with Crippen LogP contribution >= 0.6 is 0 Å². The van der Waals surface area contributed by atoms with Gasteiger partial charge in [-0.25, -0.2) is 4.79 Å². The molecule has 1 aliphatic rings. The van der Waals surface area contributed by atoms with Gasteiger partial charge in [-0.3, -0.25) is 0 Å². The highest BCUT2D eigenvalue weighted by atomic mass is 16.5. The molecule has 0 bridgehead atoms. The number of carbonyl (C=O) groups is 1. The summed E-state index contributed by atoms with van der Waals surface area (Å²) in [5.41, 5.74) is 0.954. The first kappa shape index (κ1) is 14.7. The van der Waals surface area contributed by atoms with Crippen molar-refractivity contribution in [3.05, 3.63) is 29.8 Å². The van der Waals surface area contributed by atoms with Gasteiger partial charge in [-0.1, -0.05) is 12.1 Å². The van der Waals surface area contributed by atoms with Crippen molar-refractivity contribution in [3.8, 4) is 5.75 Å². The van der Waals surface area contributed by atoms with E-state index in [9.17, 15) is 4.79 Å². The average molecular weight is 277 g/mol. The number of ether oxygens (including phenoxy) is 1. The summed E-state index contributed by atoms with van der Waals surface area (Å²) in [5.74, 6) is 0.833. The topological polar surface area (TPSA) is 53.6 Å².